The van der Waals surface area contributed by atoms with Crippen LogP contribution in [0.1, 0.15) is 212 Å². The summed E-state index contributed by atoms with van der Waals surface area (Å²) in [7, 11) is 0. The van der Waals surface area contributed by atoms with Crippen LogP contribution in [0.25, 0.3) is 0 Å². The van der Waals surface area contributed by atoms with Crippen LogP contribution in [0.4, 0.5) is 0 Å². The second-order valence-electron chi connectivity index (χ2n) is 18.1. The number of nitrogens with two attached hydrogens (primary N) is 1. The molecule has 1 aliphatic heterocycles. The van der Waals surface area contributed by atoms with Crippen LogP contribution in [-0.4, -0.2) is 90.3 Å². The van der Waals surface area contributed by atoms with Crippen LogP contribution in [0.15, 0.2) is 30.3 Å². The molecule has 0 radical (unpaired) electrons. The fraction of sp³-hybridized carbons (Fsp3) is 0.788. The van der Waals surface area contributed by atoms with Gasteiger partial charge >= 0.3 is 23.9 Å². The maximum absolute atomic E-state index is 14.2. The van der Waals surface area contributed by atoms with Crippen molar-refractivity contribution in [3.8, 4) is 0 Å². The van der Waals surface area contributed by atoms with Crippen LogP contribution in [0.5, 0.6) is 0 Å². The SMILES string of the molecule is CCCCCCCCCCCCCC(=O)OCC(COC(=O)CCCCCCCCCCCCC)OC(=O)[C@H](CCc1ccccc1)N[C@@H](CCCCN)C(=O)N1CCC[C@H]1C(=O)O. The van der Waals surface area contributed by atoms with E-state index < -0.39 is 48.1 Å². The molecule has 2 rings (SSSR count). The highest BCUT2D eigenvalue weighted by atomic mass is 16.6. The van der Waals surface area contributed by atoms with Crippen molar-refractivity contribution in [3.63, 3.8) is 0 Å². The van der Waals surface area contributed by atoms with Gasteiger partial charge in [0.25, 0.3) is 0 Å². The Bertz CT molecular complexity index is 1340. The molecule has 0 aromatic heterocycles. The zero-order chi connectivity index (χ0) is 46.5. The van der Waals surface area contributed by atoms with Crippen LogP contribution in [0.2, 0.25) is 0 Å². The van der Waals surface area contributed by atoms with Crippen molar-refractivity contribution in [3.05, 3.63) is 35.9 Å². The van der Waals surface area contributed by atoms with E-state index in [4.69, 9.17) is 19.9 Å². The van der Waals surface area contributed by atoms with E-state index in [1.54, 1.807) is 0 Å². The van der Waals surface area contributed by atoms with Crippen molar-refractivity contribution >= 4 is 29.8 Å². The molecule has 0 bridgehead atoms. The van der Waals surface area contributed by atoms with E-state index in [0.717, 1.165) is 44.1 Å². The van der Waals surface area contributed by atoms with Gasteiger partial charge in [0.2, 0.25) is 5.91 Å². The minimum atomic E-state index is -1.06. The van der Waals surface area contributed by atoms with E-state index in [1.807, 2.05) is 30.3 Å². The molecule has 3 atom stereocenters. The van der Waals surface area contributed by atoms with Crippen LogP contribution in [0, 0.1) is 0 Å². The van der Waals surface area contributed by atoms with Gasteiger partial charge in [-0.3, -0.25) is 24.5 Å². The van der Waals surface area contributed by atoms with E-state index in [0.29, 0.717) is 64.5 Å². The number of aryl methyl sites for hydroxylation is 1. The number of nitrogens with zero attached hydrogens (tertiary/aromatic N) is 1. The van der Waals surface area contributed by atoms with Gasteiger partial charge in [-0.25, -0.2) is 4.79 Å². The first-order valence-corrected chi connectivity index (χ1v) is 25.7. The molecule has 1 saturated heterocycles. The van der Waals surface area contributed by atoms with Gasteiger partial charge < -0.3 is 30.0 Å². The van der Waals surface area contributed by atoms with Gasteiger partial charge in [0, 0.05) is 19.4 Å². The third-order valence-corrected chi connectivity index (χ3v) is 12.4. The van der Waals surface area contributed by atoms with Crippen molar-refractivity contribution in [2.45, 2.75) is 237 Å². The number of hydrogen-bond donors (Lipinski definition) is 3. The molecular weight excluding hydrogens is 811 g/mol. The molecule has 1 aromatic rings. The molecule has 4 N–H and O–H groups in total. The van der Waals surface area contributed by atoms with E-state index in [2.05, 4.69) is 19.2 Å². The molecule has 12 heteroatoms. The molecule has 0 saturated carbocycles. The number of unbranched alkanes of at least 4 members (excludes halogenated alkanes) is 21. The Kier molecular flexibility index (Phi) is 33.3. The molecule has 0 spiro atoms. The number of aliphatic carboxylic acids is 1. The Labute approximate surface area is 387 Å². The Morgan fingerprint density at radius 3 is 1.61 bits per heavy atom. The maximum atomic E-state index is 14.2. The molecule has 1 amide bonds. The predicted octanol–water partition coefficient (Wildman–Crippen LogP) is 10.6. The molecule has 1 fully saturated rings. The number of hydrogen-bond acceptors (Lipinski definition) is 10. The highest BCUT2D eigenvalue weighted by Crippen LogP contribution is 2.21. The molecule has 1 aliphatic rings. The summed E-state index contributed by atoms with van der Waals surface area (Å²) in [5.41, 5.74) is 6.78. The molecule has 1 heterocycles. The summed E-state index contributed by atoms with van der Waals surface area (Å²) >= 11 is 0. The van der Waals surface area contributed by atoms with Crippen LogP contribution in [0.3, 0.4) is 0 Å². The Balaban J connectivity index is 2.08. The smallest absolute Gasteiger partial charge is 0.326 e. The van der Waals surface area contributed by atoms with Gasteiger partial charge in [0.05, 0.1) is 6.04 Å². The zero-order valence-corrected chi connectivity index (χ0v) is 40.2. The third-order valence-electron chi connectivity index (χ3n) is 12.4. The van der Waals surface area contributed by atoms with Gasteiger partial charge in [-0.05, 0) is 63.5 Å². The first-order chi connectivity index (χ1) is 31.2. The number of benzene rings is 1. The van der Waals surface area contributed by atoms with E-state index in [-0.39, 0.29) is 38.4 Å². The average molecular weight is 900 g/mol. The lowest BCUT2D eigenvalue weighted by molar-refractivity contribution is -0.168. The lowest BCUT2D eigenvalue weighted by Crippen LogP contribution is -2.55. The molecule has 12 nitrogen and oxygen atoms in total. The summed E-state index contributed by atoms with van der Waals surface area (Å²) in [6, 6.07) is 6.91. The number of nitrogens with one attached hydrogen (secondary N) is 1. The van der Waals surface area contributed by atoms with Crippen molar-refractivity contribution in [2.75, 3.05) is 26.3 Å². The fourth-order valence-corrected chi connectivity index (χ4v) is 8.47. The number of ether oxygens (including phenoxy) is 3. The zero-order valence-electron chi connectivity index (χ0n) is 40.2. The maximum Gasteiger partial charge on any atom is 0.326 e. The summed E-state index contributed by atoms with van der Waals surface area (Å²) in [5, 5.41) is 13.1. The van der Waals surface area contributed by atoms with Crippen LogP contribution in [-0.2, 0) is 44.6 Å². The predicted molar refractivity (Wildman–Crippen MR) is 255 cm³/mol. The van der Waals surface area contributed by atoms with Gasteiger partial charge in [-0.15, -0.1) is 0 Å². The van der Waals surface area contributed by atoms with E-state index >= 15 is 0 Å². The van der Waals surface area contributed by atoms with Crippen molar-refractivity contribution in [1.29, 1.82) is 0 Å². The van der Waals surface area contributed by atoms with Gasteiger partial charge in [0.1, 0.15) is 25.3 Å². The quantitative estimate of drug-likeness (QED) is 0.0324. The summed E-state index contributed by atoms with van der Waals surface area (Å²) in [6.45, 7) is 4.67. The van der Waals surface area contributed by atoms with Gasteiger partial charge in [-0.1, -0.05) is 179 Å². The van der Waals surface area contributed by atoms with Crippen molar-refractivity contribution in [2.24, 2.45) is 5.73 Å². The third kappa shape index (κ3) is 27.1. The number of rotatable bonds is 41. The monoisotopic (exact) mass is 900 g/mol. The van der Waals surface area contributed by atoms with Gasteiger partial charge in [-0.2, -0.15) is 0 Å². The molecule has 0 unspecified atom stereocenters. The minimum absolute atomic E-state index is 0.248. The van der Waals surface area contributed by atoms with Gasteiger partial charge in [0.15, 0.2) is 6.10 Å². The highest BCUT2D eigenvalue weighted by molar-refractivity contribution is 5.88. The molecule has 366 valence electrons. The first-order valence-electron chi connectivity index (χ1n) is 25.7. The molecular formula is C52H89N3O9. The Hall–Kier alpha value is -3.51. The number of likely N-dealkylation sites (tertiary alicyclic amines) is 1. The summed E-state index contributed by atoms with van der Waals surface area (Å²) in [4.78, 5) is 67.5. The van der Waals surface area contributed by atoms with E-state index in [1.165, 1.54) is 94.8 Å². The molecule has 64 heavy (non-hydrogen) atoms. The normalized spacial score (nSPS) is 14.7. The second-order valence-corrected chi connectivity index (χ2v) is 18.1. The molecule has 0 aliphatic carbocycles. The first kappa shape index (κ1) is 56.6. The topological polar surface area (TPSA) is 175 Å². The lowest BCUT2D eigenvalue weighted by atomic mass is 10.0. The standard InChI is InChI=1S/C52H89N3O9/c1-3-5-7-9-11-13-15-17-19-21-26-35-48(56)62-41-44(42-63-49(57)36-27-22-20-18-16-14-12-10-8-6-4-2)64-52(61)46(38-37-43-31-24-23-25-32-43)54-45(33-28-29-39-53)50(58)55-40-30-34-47(55)51(59)60/h23-25,31-32,44-47,54H,3-22,26-30,33-42,53H2,1-2H3,(H,59,60)/t45-,46-,47-/m0/s1. The summed E-state index contributed by atoms with van der Waals surface area (Å²) in [6.07, 6.45) is 28.4. The second kappa shape index (κ2) is 37.7. The van der Waals surface area contributed by atoms with Crippen LogP contribution < -0.4 is 11.1 Å². The minimum Gasteiger partial charge on any atom is -0.480 e. The Morgan fingerprint density at radius 2 is 1.14 bits per heavy atom. The van der Waals surface area contributed by atoms with Crippen molar-refractivity contribution in [1.82, 2.24) is 10.2 Å². The lowest BCUT2D eigenvalue weighted by Gasteiger charge is -2.30. The number of esters is 3. The largest absolute Gasteiger partial charge is 0.480 e. The summed E-state index contributed by atoms with van der Waals surface area (Å²) in [5.74, 6) is -2.88. The fourth-order valence-electron chi connectivity index (χ4n) is 8.47. The number of carboxylic acid groups (broad SMARTS) is 1. The number of carbonyl (C=O) groups is 5. The highest BCUT2D eigenvalue weighted by Gasteiger charge is 2.38. The molecule has 1 aromatic carbocycles. The van der Waals surface area contributed by atoms with E-state index in [9.17, 15) is 29.1 Å². The Morgan fingerprint density at radius 1 is 0.656 bits per heavy atom. The van der Waals surface area contributed by atoms with Crippen molar-refractivity contribution < 1.29 is 43.3 Å². The number of carbonyl (C=O) groups excluding carboxylic acids is 4. The number of amides is 1. The number of carboxylic acids is 1. The summed E-state index contributed by atoms with van der Waals surface area (Å²) < 4.78 is 17.3. The van der Waals surface area contributed by atoms with Crippen LogP contribution >= 0.6 is 0 Å². The average Bonchev–Trinajstić information content (AvgIpc) is 3.80.